The number of H-pyrrole nitrogens is 1. The molecule has 112 valence electrons. The third-order valence-electron chi connectivity index (χ3n) is 4.47. The molecule has 0 aromatic carbocycles. The first kappa shape index (κ1) is 12.7. The Morgan fingerprint density at radius 3 is 3.19 bits per heavy atom. The largest absolute Gasteiger partial charge is 0.393 e. The molecule has 2 fully saturated rings. The number of nitrogen functional groups attached to an aromatic ring is 1. The number of aromatic nitrogens is 4. The normalized spacial score (nSPS) is 34.9. The van der Waals surface area contributed by atoms with Crippen molar-refractivity contribution in [3.05, 3.63) is 16.7 Å². The van der Waals surface area contributed by atoms with Crippen LogP contribution in [0, 0.1) is 5.92 Å². The van der Waals surface area contributed by atoms with Crippen LogP contribution in [0.5, 0.6) is 0 Å². The average Bonchev–Trinajstić information content (AvgIpc) is 3.09. The van der Waals surface area contributed by atoms with Gasteiger partial charge in [-0.05, 0) is 0 Å². The van der Waals surface area contributed by atoms with E-state index in [1.165, 1.54) is 6.33 Å². The van der Waals surface area contributed by atoms with E-state index in [4.69, 9.17) is 15.2 Å². The van der Waals surface area contributed by atoms with E-state index in [-0.39, 0.29) is 30.1 Å². The second-order valence-corrected chi connectivity index (χ2v) is 5.57. The van der Waals surface area contributed by atoms with Crippen LogP contribution in [0.4, 0.5) is 5.95 Å². The number of hydrogen-bond acceptors (Lipinski definition) is 7. The Morgan fingerprint density at radius 1 is 1.67 bits per heavy atom. The van der Waals surface area contributed by atoms with Crippen molar-refractivity contribution in [2.24, 2.45) is 5.92 Å². The van der Waals surface area contributed by atoms with Crippen LogP contribution in [0.1, 0.15) is 13.2 Å². The number of hydrogen-bond donors (Lipinski definition) is 3. The number of nitrogens with zero attached hydrogens (tertiary/aromatic N) is 3. The third-order valence-corrected chi connectivity index (χ3v) is 4.47. The molecule has 2 saturated heterocycles. The van der Waals surface area contributed by atoms with Crippen molar-refractivity contribution in [3.8, 4) is 0 Å². The third kappa shape index (κ3) is 1.53. The van der Waals surface area contributed by atoms with E-state index in [0.29, 0.717) is 12.3 Å². The van der Waals surface area contributed by atoms with Crippen molar-refractivity contribution in [2.45, 2.75) is 24.9 Å². The van der Waals surface area contributed by atoms with Gasteiger partial charge in [0.05, 0.1) is 19.5 Å². The zero-order chi connectivity index (χ0) is 14.8. The number of aromatic amines is 1. The lowest BCUT2D eigenvalue weighted by Crippen LogP contribution is -2.40. The van der Waals surface area contributed by atoms with E-state index in [1.807, 2.05) is 6.92 Å². The zero-order valence-electron chi connectivity index (χ0n) is 11.3. The molecular weight excluding hydrogens is 278 g/mol. The molecule has 0 aliphatic carbocycles. The quantitative estimate of drug-likeness (QED) is 0.647. The molecule has 2 aliphatic rings. The number of fused-ring (bicyclic) bond motifs is 3. The molecule has 9 heteroatoms. The summed E-state index contributed by atoms with van der Waals surface area (Å²) in [5.74, 6) is 0.0486. The molecule has 2 aromatic rings. The lowest BCUT2D eigenvalue weighted by atomic mass is 9.91. The van der Waals surface area contributed by atoms with Crippen molar-refractivity contribution in [1.29, 1.82) is 0 Å². The lowest BCUT2D eigenvalue weighted by Gasteiger charge is -2.30. The minimum absolute atomic E-state index is 0.0169. The first-order chi connectivity index (χ1) is 10.1. The van der Waals surface area contributed by atoms with E-state index in [2.05, 4.69) is 15.0 Å². The van der Waals surface area contributed by atoms with E-state index in [0.717, 1.165) is 0 Å². The van der Waals surface area contributed by atoms with Crippen LogP contribution in [0.15, 0.2) is 11.1 Å². The summed E-state index contributed by atoms with van der Waals surface area (Å²) < 4.78 is 13.4. The zero-order valence-corrected chi connectivity index (χ0v) is 11.3. The molecule has 0 radical (unpaired) electrons. The maximum Gasteiger partial charge on any atom is 0.280 e. The van der Waals surface area contributed by atoms with Gasteiger partial charge in [0, 0.05) is 5.92 Å². The van der Waals surface area contributed by atoms with Crippen molar-refractivity contribution < 1.29 is 14.6 Å². The van der Waals surface area contributed by atoms with Gasteiger partial charge < -0.3 is 20.3 Å². The summed E-state index contributed by atoms with van der Waals surface area (Å²) in [6.45, 7) is 2.21. The van der Waals surface area contributed by atoms with Gasteiger partial charge in [0.2, 0.25) is 5.95 Å². The molecule has 0 amide bonds. The summed E-state index contributed by atoms with van der Waals surface area (Å²) >= 11 is 0. The van der Waals surface area contributed by atoms with Crippen LogP contribution in [-0.4, -0.2) is 49.5 Å². The van der Waals surface area contributed by atoms with Gasteiger partial charge in [0.15, 0.2) is 17.4 Å². The SMILES string of the molecule is C[C@@H]1C2OC[C@]1(CO)O[C@H]2n1cnc2c(=O)[nH]c(N)nc21. The number of imidazole rings is 1. The number of ether oxygens (including phenoxy) is 2. The highest BCUT2D eigenvalue weighted by molar-refractivity contribution is 5.70. The van der Waals surface area contributed by atoms with Crippen LogP contribution in [0.3, 0.4) is 0 Å². The Kier molecular flexibility index (Phi) is 2.44. The maximum absolute atomic E-state index is 11.8. The van der Waals surface area contributed by atoms with Crippen LogP contribution in [0.2, 0.25) is 0 Å². The monoisotopic (exact) mass is 293 g/mol. The summed E-state index contributed by atoms with van der Waals surface area (Å²) in [4.78, 5) is 22.4. The van der Waals surface area contributed by atoms with E-state index >= 15 is 0 Å². The second-order valence-electron chi connectivity index (χ2n) is 5.57. The second kappa shape index (κ2) is 4.03. The van der Waals surface area contributed by atoms with Gasteiger partial charge in [-0.15, -0.1) is 0 Å². The number of nitrogens with one attached hydrogen (secondary N) is 1. The molecule has 4 heterocycles. The Balaban J connectivity index is 1.84. The van der Waals surface area contributed by atoms with Crippen molar-refractivity contribution >= 4 is 17.1 Å². The number of rotatable bonds is 2. The molecule has 2 bridgehead atoms. The molecule has 4 atom stereocenters. The summed E-state index contributed by atoms with van der Waals surface area (Å²) in [6.07, 6.45) is 0.773. The van der Waals surface area contributed by atoms with E-state index in [9.17, 15) is 9.90 Å². The van der Waals surface area contributed by atoms with Gasteiger partial charge in [0.25, 0.3) is 5.56 Å². The van der Waals surface area contributed by atoms with Gasteiger partial charge in [-0.1, -0.05) is 6.92 Å². The van der Waals surface area contributed by atoms with Crippen LogP contribution in [-0.2, 0) is 9.47 Å². The molecule has 9 nitrogen and oxygen atoms in total. The summed E-state index contributed by atoms with van der Waals surface area (Å²) in [7, 11) is 0. The van der Waals surface area contributed by atoms with Gasteiger partial charge in [-0.25, -0.2) is 4.98 Å². The molecular formula is C12H15N5O4. The van der Waals surface area contributed by atoms with Crippen molar-refractivity contribution in [3.63, 3.8) is 0 Å². The molecule has 4 N–H and O–H groups in total. The summed E-state index contributed by atoms with van der Waals surface area (Å²) in [5, 5.41) is 9.61. The first-order valence-electron chi connectivity index (χ1n) is 6.68. The Morgan fingerprint density at radius 2 is 2.48 bits per heavy atom. The van der Waals surface area contributed by atoms with E-state index in [1.54, 1.807) is 4.57 Å². The number of aliphatic hydroxyl groups excluding tert-OH is 1. The van der Waals surface area contributed by atoms with Gasteiger partial charge in [0.1, 0.15) is 11.7 Å². The minimum atomic E-state index is -0.710. The average molecular weight is 293 g/mol. The summed E-state index contributed by atoms with van der Waals surface area (Å²) in [6, 6.07) is 0. The van der Waals surface area contributed by atoms with Crippen molar-refractivity contribution in [1.82, 2.24) is 19.5 Å². The van der Waals surface area contributed by atoms with Gasteiger partial charge in [-0.2, -0.15) is 4.98 Å². The fraction of sp³-hybridized carbons (Fsp3) is 0.583. The van der Waals surface area contributed by atoms with Crippen molar-refractivity contribution in [2.75, 3.05) is 18.9 Å². The lowest BCUT2D eigenvalue weighted by molar-refractivity contribution is -0.183. The Hall–Kier alpha value is -1.97. The van der Waals surface area contributed by atoms with Crippen LogP contribution in [0.25, 0.3) is 11.2 Å². The molecule has 21 heavy (non-hydrogen) atoms. The smallest absolute Gasteiger partial charge is 0.280 e. The number of anilines is 1. The highest BCUT2D eigenvalue weighted by Gasteiger charge is 2.59. The highest BCUT2D eigenvalue weighted by Crippen LogP contribution is 2.48. The molecule has 0 spiro atoms. The number of nitrogens with two attached hydrogens (primary N) is 1. The first-order valence-corrected chi connectivity index (χ1v) is 6.68. The Bertz CT molecular complexity index is 771. The highest BCUT2D eigenvalue weighted by atomic mass is 16.6. The van der Waals surface area contributed by atoms with Crippen LogP contribution < -0.4 is 11.3 Å². The van der Waals surface area contributed by atoms with Crippen LogP contribution >= 0.6 is 0 Å². The minimum Gasteiger partial charge on any atom is -0.393 e. The molecule has 4 rings (SSSR count). The topological polar surface area (TPSA) is 128 Å². The molecule has 2 aromatic heterocycles. The molecule has 1 unspecified atom stereocenters. The summed E-state index contributed by atoms with van der Waals surface area (Å²) in [5.41, 5.74) is 5.02. The standard InChI is InChI=1S/C12H15N5O4/c1-5-7-10(21-12(5,2-18)3-20-7)17-4-14-6-8(17)15-11(13)16-9(6)19/h4-5,7,10,18H,2-3H2,1H3,(H3,13,15,16,19)/t5-,7?,10-,12+/m1/s1. The fourth-order valence-corrected chi connectivity index (χ4v) is 3.16. The molecule has 2 aliphatic heterocycles. The van der Waals surface area contributed by atoms with E-state index < -0.39 is 17.4 Å². The maximum atomic E-state index is 11.8. The predicted molar refractivity (Wildman–Crippen MR) is 71.4 cm³/mol. The van der Waals surface area contributed by atoms with Gasteiger partial charge >= 0.3 is 0 Å². The Labute approximate surface area is 118 Å². The predicted octanol–water partition coefficient (Wildman–Crippen LogP) is -1.00. The fourth-order valence-electron chi connectivity index (χ4n) is 3.16. The van der Waals surface area contributed by atoms with Gasteiger partial charge in [-0.3, -0.25) is 14.3 Å². The molecule has 0 saturated carbocycles. The number of aliphatic hydroxyl groups is 1.